The van der Waals surface area contributed by atoms with Gasteiger partial charge in [-0.05, 0) is 25.1 Å². The SMILES string of the molecule is CC(Nc1cc(Cl)ccc1-n1cncn1)c1nccn1C. The highest BCUT2D eigenvalue weighted by atomic mass is 35.5. The molecule has 3 aromatic rings. The molecule has 0 spiro atoms. The van der Waals surface area contributed by atoms with Crippen molar-refractivity contribution in [3.63, 3.8) is 0 Å². The first kappa shape index (κ1) is 13.6. The van der Waals surface area contributed by atoms with E-state index in [0.29, 0.717) is 5.02 Å². The molecule has 0 aliphatic heterocycles. The van der Waals surface area contributed by atoms with Gasteiger partial charge in [0.1, 0.15) is 18.5 Å². The Balaban J connectivity index is 1.95. The highest BCUT2D eigenvalue weighted by Gasteiger charge is 2.13. The Morgan fingerprint density at radius 1 is 1.33 bits per heavy atom. The van der Waals surface area contributed by atoms with Crippen molar-refractivity contribution in [2.45, 2.75) is 13.0 Å². The lowest BCUT2D eigenvalue weighted by molar-refractivity contribution is 0.720. The highest BCUT2D eigenvalue weighted by Crippen LogP contribution is 2.27. The number of imidazole rings is 1. The molecule has 1 unspecified atom stereocenters. The first-order valence-corrected chi connectivity index (χ1v) is 6.91. The molecule has 1 aromatic carbocycles. The van der Waals surface area contributed by atoms with E-state index in [2.05, 4.69) is 20.4 Å². The van der Waals surface area contributed by atoms with Gasteiger partial charge in [0.25, 0.3) is 0 Å². The third kappa shape index (κ3) is 2.75. The van der Waals surface area contributed by atoms with Crippen LogP contribution in [0.15, 0.2) is 43.2 Å². The third-order valence-corrected chi connectivity index (χ3v) is 3.48. The molecule has 21 heavy (non-hydrogen) atoms. The monoisotopic (exact) mass is 302 g/mol. The van der Waals surface area contributed by atoms with E-state index in [4.69, 9.17) is 11.6 Å². The fourth-order valence-corrected chi connectivity index (χ4v) is 2.42. The van der Waals surface area contributed by atoms with Crippen LogP contribution in [0.1, 0.15) is 18.8 Å². The Hall–Kier alpha value is -2.34. The van der Waals surface area contributed by atoms with Crippen LogP contribution in [0.2, 0.25) is 5.02 Å². The molecule has 7 heteroatoms. The zero-order chi connectivity index (χ0) is 14.8. The largest absolute Gasteiger partial charge is 0.374 e. The molecule has 0 radical (unpaired) electrons. The lowest BCUT2D eigenvalue weighted by Gasteiger charge is -2.18. The molecule has 2 aromatic heterocycles. The summed E-state index contributed by atoms with van der Waals surface area (Å²) < 4.78 is 3.68. The fraction of sp³-hybridized carbons (Fsp3) is 0.214. The molecule has 1 atom stereocenters. The van der Waals surface area contributed by atoms with Crippen LogP contribution in [-0.4, -0.2) is 24.3 Å². The number of anilines is 1. The first-order chi connectivity index (χ1) is 10.1. The van der Waals surface area contributed by atoms with Crippen LogP contribution < -0.4 is 5.32 Å². The number of hydrogen-bond acceptors (Lipinski definition) is 4. The second-order valence-electron chi connectivity index (χ2n) is 4.76. The summed E-state index contributed by atoms with van der Waals surface area (Å²) in [5, 5.41) is 8.25. The predicted molar refractivity (Wildman–Crippen MR) is 81.6 cm³/mol. The Bertz CT molecular complexity index is 734. The number of hydrogen-bond donors (Lipinski definition) is 1. The van der Waals surface area contributed by atoms with Gasteiger partial charge in [-0.3, -0.25) is 0 Å². The molecule has 2 heterocycles. The van der Waals surface area contributed by atoms with Gasteiger partial charge in [0, 0.05) is 24.5 Å². The van der Waals surface area contributed by atoms with Crippen molar-refractivity contribution in [2.75, 3.05) is 5.32 Å². The van der Waals surface area contributed by atoms with E-state index < -0.39 is 0 Å². The minimum atomic E-state index is 0.0331. The Morgan fingerprint density at radius 3 is 2.86 bits per heavy atom. The van der Waals surface area contributed by atoms with Gasteiger partial charge < -0.3 is 9.88 Å². The topological polar surface area (TPSA) is 60.6 Å². The summed E-state index contributed by atoms with van der Waals surface area (Å²) >= 11 is 6.11. The third-order valence-electron chi connectivity index (χ3n) is 3.24. The standard InChI is InChI=1S/C14H15ClN6/c1-10(14-17-5-6-20(14)2)19-12-7-11(15)3-4-13(12)21-9-16-8-18-21/h3-10,19H,1-2H3. The van der Waals surface area contributed by atoms with E-state index in [1.165, 1.54) is 6.33 Å². The van der Waals surface area contributed by atoms with E-state index >= 15 is 0 Å². The van der Waals surface area contributed by atoms with Crippen LogP contribution >= 0.6 is 11.6 Å². The molecule has 0 amide bonds. The molecule has 108 valence electrons. The van der Waals surface area contributed by atoms with Gasteiger partial charge in [-0.2, -0.15) is 5.10 Å². The van der Waals surface area contributed by atoms with Gasteiger partial charge in [-0.1, -0.05) is 11.6 Å². The van der Waals surface area contributed by atoms with Gasteiger partial charge >= 0.3 is 0 Å². The van der Waals surface area contributed by atoms with Crippen molar-refractivity contribution >= 4 is 17.3 Å². The average molecular weight is 303 g/mol. The average Bonchev–Trinajstić information content (AvgIpc) is 3.10. The van der Waals surface area contributed by atoms with Crippen molar-refractivity contribution in [3.05, 3.63) is 54.1 Å². The molecule has 0 aliphatic rings. The lowest BCUT2D eigenvalue weighted by Crippen LogP contribution is -2.13. The molecule has 0 bridgehead atoms. The Morgan fingerprint density at radius 2 is 2.19 bits per heavy atom. The normalized spacial score (nSPS) is 12.3. The second kappa shape index (κ2) is 5.57. The van der Waals surface area contributed by atoms with Crippen molar-refractivity contribution in [3.8, 4) is 5.69 Å². The summed E-state index contributed by atoms with van der Waals surface area (Å²) in [7, 11) is 1.97. The summed E-state index contributed by atoms with van der Waals surface area (Å²) in [4.78, 5) is 8.34. The molecule has 3 rings (SSSR count). The van der Waals surface area contributed by atoms with E-state index in [-0.39, 0.29) is 6.04 Å². The van der Waals surface area contributed by atoms with E-state index in [0.717, 1.165) is 17.2 Å². The summed E-state index contributed by atoms with van der Waals surface area (Å²) in [6, 6.07) is 5.64. The van der Waals surface area contributed by atoms with Crippen LogP contribution in [0.5, 0.6) is 0 Å². The van der Waals surface area contributed by atoms with Crippen molar-refractivity contribution in [1.29, 1.82) is 0 Å². The summed E-state index contributed by atoms with van der Waals surface area (Å²) in [6.45, 7) is 2.05. The maximum absolute atomic E-state index is 6.11. The van der Waals surface area contributed by atoms with Crippen LogP contribution in [0.3, 0.4) is 0 Å². The Kier molecular flexibility index (Phi) is 3.62. The maximum Gasteiger partial charge on any atom is 0.138 e. The summed E-state index contributed by atoms with van der Waals surface area (Å²) in [5.41, 5.74) is 1.77. The van der Waals surface area contributed by atoms with Crippen LogP contribution in [0.4, 0.5) is 5.69 Å². The Labute approximate surface area is 127 Å². The minimum Gasteiger partial charge on any atom is -0.374 e. The van der Waals surface area contributed by atoms with E-state index in [1.54, 1.807) is 17.2 Å². The number of rotatable bonds is 4. The number of aryl methyl sites for hydroxylation is 1. The highest BCUT2D eigenvalue weighted by molar-refractivity contribution is 6.31. The fourth-order valence-electron chi connectivity index (χ4n) is 2.25. The van der Waals surface area contributed by atoms with Crippen LogP contribution in [-0.2, 0) is 7.05 Å². The number of nitrogens with zero attached hydrogens (tertiary/aromatic N) is 5. The maximum atomic E-state index is 6.11. The van der Waals surface area contributed by atoms with Crippen LogP contribution in [0.25, 0.3) is 5.69 Å². The number of aromatic nitrogens is 5. The second-order valence-corrected chi connectivity index (χ2v) is 5.20. The van der Waals surface area contributed by atoms with E-state index in [1.807, 2.05) is 42.9 Å². The molecule has 0 aliphatic carbocycles. The predicted octanol–water partition coefficient (Wildman–Crippen LogP) is 2.83. The van der Waals surface area contributed by atoms with Crippen molar-refractivity contribution < 1.29 is 0 Å². The van der Waals surface area contributed by atoms with Gasteiger partial charge in [0.2, 0.25) is 0 Å². The molecule has 1 N–H and O–H groups in total. The smallest absolute Gasteiger partial charge is 0.138 e. The molecular formula is C14H15ClN6. The van der Waals surface area contributed by atoms with Gasteiger partial charge in [-0.25, -0.2) is 14.6 Å². The summed E-state index contributed by atoms with van der Waals surface area (Å²) in [6.07, 6.45) is 6.86. The minimum absolute atomic E-state index is 0.0331. The molecule has 0 fully saturated rings. The zero-order valence-electron chi connectivity index (χ0n) is 11.7. The zero-order valence-corrected chi connectivity index (χ0v) is 12.5. The first-order valence-electron chi connectivity index (χ1n) is 6.53. The van der Waals surface area contributed by atoms with Gasteiger partial charge in [0.05, 0.1) is 17.4 Å². The molecule has 0 saturated carbocycles. The van der Waals surface area contributed by atoms with Crippen LogP contribution in [0, 0.1) is 0 Å². The molecular weight excluding hydrogens is 288 g/mol. The van der Waals surface area contributed by atoms with Crippen molar-refractivity contribution in [2.24, 2.45) is 7.05 Å². The van der Waals surface area contributed by atoms with Gasteiger partial charge in [-0.15, -0.1) is 0 Å². The summed E-state index contributed by atoms with van der Waals surface area (Å²) in [5.74, 6) is 0.944. The molecule has 0 saturated heterocycles. The quantitative estimate of drug-likeness (QED) is 0.805. The van der Waals surface area contributed by atoms with E-state index in [9.17, 15) is 0 Å². The number of benzene rings is 1. The number of halogens is 1. The number of nitrogens with one attached hydrogen (secondary N) is 1. The van der Waals surface area contributed by atoms with Gasteiger partial charge in [0.15, 0.2) is 0 Å². The lowest BCUT2D eigenvalue weighted by atomic mass is 10.2. The molecule has 6 nitrogen and oxygen atoms in total. The van der Waals surface area contributed by atoms with Crippen molar-refractivity contribution in [1.82, 2.24) is 24.3 Å².